The van der Waals surface area contributed by atoms with Gasteiger partial charge in [0.2, 0.25) is 0 Å². The van der Waals surface area contributed by atoms with Gasteiger partial charge in [-0.2, -0.15) is 0 Å². The van der Waals surface area contributed by atoms with E-state index in [4.69, 9.17) is 9.15 Å². The van der Waals surface area contributed by atoms with Gasteiger partial charge in [-0.05, 0) is 29.8 Å². The Labute approximate surface area is 103 Å². The van der Waals surface area contributed by atoms with E-state index in [-0.39, 0.29) is 18.1 Å². The van der Waals surface area contributed by atoms with E-state index < -0.39 is 0 Å². The molecule has 88 valence electrons. The summed E-state index contributed by atoms with van der Waals surface area (Å²) in [7, 11) is 0. The molecule has 0 bridgehead atoms. The van der Waals surface area contributed by atoms with Gasteiger partial charge in [-0.3, -0.25) is 4.79 Å². The molecule has 0 unspecified atom stereocenters. The molecule has 4 nitrogen and oxygen atoms in total. The summed E-state index contributed by atoms with van der Waals surface area (Å²) in [6.45, 7) is 5.17. The molecule has 1 aliphatic rings. The third-order valence-corrected chi connectivity index (χ3v) is 3.10. The fourth-order valence-corrected chi connectivity index (χ4v) is 2.11. The van der Waals surface area contributed by atoms with Crippen molar-refractivity contribution >= 4 is 21.8 Å². The van der Waals surface area contributed by atoms with Crippen molar-refractivity contribution in [2.24, 2.45) is 0 Å². The molecule has 0 spiro atoms. The number of carbonyl (C=O) groups excluding carboxylic acids is 1. The Balaban J connectivity index is 2.14. The minimum absolute atomic E-state index is 0.00269. The van der Waals surface area contributed by atoms with Gasteiger partial charge in [0, 0.05) is 12.6 Å². The van der Waals surface area contributed by atoms with Crippen LogP contribution < -0.4 is 0 Å². The van der Waals surface area contributed by atoms with Gasteiger partial charge in [-0.15, -0.1) is 0 Å². The van der Waals surface area contributed by atoms with Crippen molar-refractivity contribution in [1.29, 1.82) is 0 Å². The molecule has 1 aliphatic heterocycles. The van der Waals surface area contributed by atoms with E-state index in [1.807, 2.05) is 18.7 Å². The first-order valence-corrected chi connectivity index (χ1v) is 6.04. The molecule has 16 heavy (non-hydrogen) atoms. The van der Waals surface area contributed by atoms with Crippen molar-refractivity contribution in [3.63, 3.8) is 0 Å². The van der Waals surface area contributed by atoms with Crippen LogP contribution >= 0.6 is 15.9 Å². The van der Waals surface area contributed by atoms with E-state index in [0.29, 0.717) is 23.4 Å². The fraction of sp³-hybridized carbons (Fsp3) is 0.545. The second kappa shape index (κ2) is 4.59. The molecule has 5 heteroatoms. The Morgan fingerprint density at radius 2 is 2.31 bits per heavy atom. The monoisotopic (exact) mass is 287 g/mol. The Hall–Kier alpha value is -0.810. The number of hydrogen-bond acceptors (Lipinski definition) is 3. The first-order chi connectivity index (χ1) is 7.58. The van der Waals surface area contributed by atoms with E-state index in [9.17, 15) is 4.79 Å². The van der Waals surface area contributed by atoms with Gasteiger partial charge in [-0.1, -0.05) is 0 Å². The van der Waals surface area contributed by atoms with Crippen LogP contribution in [-0.4, -0.2) is 36.1 Å². The van der Waals surface area contributed by atoms with E-state index in [1.165, 1.54) is 6.26 Å². The van der Waals surface area contributed by atoms with Crippen LogP contribution in [0.5, 0.6) is 0 Å². The minimum atomic E-state index is -0.00269. The second-order valence-electron chi connectivity index (χ2n) is 4.09. The van der Waals surface area contributed by atoms with Crippen molar-refractivity contribution in [1.82, 2.24) is 4.90 Å². The maximum atomic E-state index is 12.2. The van der Waals surface area contributed by atoms with Crippen molar-refractivity contribution in [3.05, 3.63) is 22.6 Å². The van der Waals surface area contributed by atoms with E-state index in [1.54, 1.807) is 6.07 Å². The van der Waals surface area contributed by atoms with Crippen molar-refractivity contribution in [2.75, 3.05) is 13.2 Å². The van der Waals surface area contributed by atoms with E-state index >= 15 is 0 Å². The van der Waals surface area contributed by atoms with Crippen LogP contribution in [-0.2, 0) is 4.74 Å². The van der Waals surface area contributed by atoms with Crippen LogP contribution in [0.1, 0.15) is 24.2 Å². The van der Waals surface area contributed by atoms with Crippen LogP contribution in [0, 0.1) is 0 Å². The minimum Gasteiger partial charge on any atom is -0.457 e. The van der Waals surface area contributed by atoms with Gasteiger partial charge in [0.25, 0.3) is 5.91 Å². The molecular formula is C11H14BrNO3. The lowest BCUT2D eigenvalue weighted by atomic mass is 10.1. The predicted molar refractivity (Wildman–Crippen MR) is 62.3 cm³/mol. The Morgan fingerprint density at radius 3 is 2.94 bits per heavy atom. The third-order valence-electron chi connectivity index (χ3n) is 2.68. The smallest absolute Gasteiger partial charge is 0.257 e. The topological polar surface area (TPSA) is 42.7 Å². The number of amides is 1. The number of hydrogen-bond donors (Lipinski definition) is 0. The quantitative estimate of drug-likeness (QED) is 0.796. The van der Waals surface area contributed by atoms with E-state index in [2.05, 4.69) is 15.9 Å². The molecule has 2 heterocycles. The summed E-state index contributed by atoms with van der Waals surface area (Å²) in [4.78, 5) is 14.0. The summed E-state index contributed by atoms with van der Waals surface area (Å²) < 4.78 is 11.1. The Morgan fingerprint density at radius 1 is 1.56 bits per heavy atom. The molecule has 1 saturated heterocycles. The number of ether oxygens (including phenoxy) is 1. The maximum absolute atomic E-state index is 12.2. The van der Waals surface area contributed by atoms with Gasteiger partial charge in [0.1, 0.15) is 6.26 Å². The zero-order valence-corrected chi connectivity index (χ0v) is 10.9. The molecule has 0 N–H and O–H groups in total. The Kier molecular flexibility index (Phi) is 3.35. The van der Waals surface area contributed by atoms with Crippen molar-refractivity contribution in [3.8, 4) is 0 Å². The molecule has 2 rings (SSSR count). The first kappa shape index (κ1) is 11.7. The largest absolute Gasteiger partial charge is 0.457 e. The summed E-state index contributed by atoms with van der Waals surface area (Å²) >= 11 is 3.19. The molecular weight excluding hydrogens is 274 g/mol. The number of morpholine rings is 1. The van der Waals surface area contributed by atoms with Gasteiger partial charge >= 0.3 is 0 Å². The highest BCUT2D eigenvalue weighted by Crippen LogP contribution is 2.19. The lowest BCUT2D eigenvalue weighted by Gasteiger charge is -2.36. The summed E-state index contributed by atoms with van der Waals surface area (Å²) in [6.07, 6.45) is 1.56. The first-order valence-electron chi connectivity index (χ1n) is 5.24. The molecule has 0 saturated carbocycles. The van der Waals surface area contributed by atoms with Crippen LogP contribution in [0.2, 0.25) is 0 Å². The lowest BCUT2D eigenvalue weighted by molar-refractivity contribution is -0.0387. The molecule has 1 fully saturated rings. The van der Waals surface area contributed by atoms with Gasteiger partial charge in [-0.25, -0.2) is 0 Å². The van der Waals surface area contributed by atoms with E-state index in [0.717, 1.165) is 0 Å². The second-order valence-corrected chi connectivity index (χ2v) is 4.87. The maximum Gasteiger partial charge on any atom is 0.257 e. The summed E-state index contributed by atoms with van der Waals surface area (Å²) in [6, 6.07) is 1.80. The normalized spacial score (nSPS) is 25.8. The van der Waals surface area contributed by atoms with Crippen LogP contribution in [0.3, 0.4) is 0 Å². The molecule has 0 aliphatic carbocycles. The number of nitrogens with zero attached hydrogens (tertiary/aromatic N) is 1. The standard InChI is InChI=1S/C11H14BrNO3/c1-7-5-15-8(2)4-13(7)11(14)9-3-10(12)16-6-9/h3,6-8H,4-5H2,1-2H3/t7-,8-/m1/s1. The highest BCUT2D eigenvalue weighted by Gasteiger charge is 2.28. The molecule has 2 atom stereocenters. The van der Waals surface area contributed by atoms with Crippen molar-refractivity contribution in [2.45, 2.75) is 26.0 Å². The zero-order valence-electron chi connectivity index (χ0n) is 9.27. The highest BCUT2D eigenvalue weighted by atomic mass is 79.9. The van der Waals surface area contributed by atoms with Crippen LogP contribution in [0.25, 0.3) is 0 Å². The summed E-state index contributed by atoms with van der Waals surface area (Å²) in [5.74, 6) is -0.00269. The zero-order chi connectivity index (χ0) is 11.7. The average molecular weight is 288 g/mol. The lowest BCUT2D eigenvalue weighted by Crippen LogP contribution is -2.50. The van der Waals surface area contributed by atoms with Crippen LogP contribution in [0.15, 0.2) is 21.4 Å². The van der Waals surface area contributed by atoms with Crippen molar-refractivity contribution < 1.29 is 13.9 Å². The summed E-state index contributed by atoms with van der Waals surface area (Å²) in [5.41, 5.74) is 0.577. The number of furan rings is 1. The SMILES string of the molecule is C[C@@H]1CN(C(=O)c2coc(Br)c2)[C@H](C)CO1. The Bertz CT molecular complexity index is 390. The molecule has 0 radical (unpaired) electrons. The number of halogens is 1. The molecule has 1 aromatic rings. The van der Waals surface area contributed by atoms with Gasteiger partial charge < -0.3 is 14.1 Å². The third kappa shape index (κ3) is 2.30. The predicted octanol–water partition coefficient (Wildman–Crippen LogP) is 2.29. The fourth-order valence-electron chi connectivity index (χ4n) is 1.77. The highest BCUT2D eigenvalue weighted by molar-refractivity contribution is 9.10. The van der Waals surface area contributed by atoms with Gasteiger partial charge in [0.15, 0.2) is 4.67 Å². The molecule has 1 aromatic heterocycles. The molecule has 0 aromatic carbocycles. The van der Waals surface area contributed by atoms with Gasteiger partial charge in [0.05, 0.1) is 24.3 Å². The van der Waals surface area contributed by atoms with Crippen LogP contribution in [0.4, 0.5) is 0 Å². The number of carbonyl (C=O) groups is 1. The molecule has 1 amide bonds. The number of rotatable bonds is 1. The summed E-state index contributed by atoms with van der Waals surface area (Å²) in [5, 5.41) is 0. The average Bonchev–Trinajstić information content (AvgIpc) is 2.67.